The zero-order valence-corrected chi connectivity index (χ0v) is 21.0. The summed E-state index contributed by atoms with van der Waals surface area (Å²) >= 11 is 8.76. The normalized spacial score (nSPS) is 10.5. The fourth-order valence-electron chi connectivity index (χ4n) is 2.99. The highest BCUT2D eigenvalue weighted by atomic mass is 79.9. The third-order valence-electron chi connectivity index (χ3n) is 4.58. The number of benzene rings is 3. The molecule has 0 radical (unpaired) electrons. The van der Waals surface area contributed by atoms with Crippen LogP contribution in [0.3, 0.4) is 0 Å². The van der Waals surface area contributed by atoms with Crippen LogP contribution in [0.1, 0.15) is 29.8 Å². The summed E-state index contributed by atoms with van der Waals surface area (Å²) in [6.07, 6.45) is 0.820. The van der Waals surface area contributed by atoms with Crippen LogP contribution in [-0.2, 0) is 6.42 Å². The Morgan fingerprint density at radius 3 is 2.55 bits per heavy atom. The zero-order chi connectivity index (χ0) is 23.6. The molecule has 0 saturated carbocycles. The quantitative estimate of drug-likeness (QED) is 0.323. The molecule has 0 heterocycles. The van der Waals surface area contributed by atoms with E-state index in [9.17, 15) is 4.79 Å². The van der Waals surface area contributed by atoms with E-state index in [0.717, 1.165) is 22.3 Å². The number of thiocarbonyl (C=S) groups is 1. The molecule has 0 aliphatic heterocycles. The van der Waals surface area contributed by atoms with E-state index in [0.29, 0.717) is 30.4 Å². The van der Waals surface area contributed by atoms with E-state index < -0.39 is 0 Å². The second-order valence-corrected chi connectivity index (χ2v) is 9.19. The summed E-state index contributed by atoms with van der Waals surface area (Å²) in [5.41, 5.74) is 2.36. The minimum Gasteiger partial charge on any atom is -0.493 e. The van der Waals surface area contributed by atoms with Gasteiger partial charge in [-0.2, -0.15) is 0 Å². The Morgan fingerprint density at radius 2 is 1.79 bits per heavy atom. The number of rotatable bonds is 9. The third-order valence-corrected chi connectivity index (χ3v) is 5.28. The van der Waals surface area contributed by atoms with Crippen molar-refractivity contribution in [2.75, 3.05) is 18.5 Å². The number of hydrogen-bond acceptors (Lipinski definition) is 4. The number of nitrogens with one attached hydrogen (secondary N) is 2. The monoisotopic (exact) mass is 526 g/mol. The van der Waals surface area contributed by atoms with Crippen LogP contribution in [0.5, 0.6) is 11.5 Å². The number of carbonyl (C=O) groups is 1. The molecule has 0 saturated heterocycles. The summed E-state index contributed by atoms with van der Waals surface area (Å²) in [4.78, 5) is 12.8. The van der Waals surface area contributed by atoms with Crippen LogP contribution >= 0.6 is 28.1 Å². The summed E-state index contributed by atoms with van der Waals surface area (Å²) < 4.78 is 12.4. The minimum atomic E-state index is -0.345. The van der Waals surface area contributed by atoms with Gasteiger partial charge < -0.3 is 14.8 Å². The van der Waals surface area contributed by atoms with Crippen LogP contribution in [-0.4, -0.2) is 24.2 Å². The van der Waals surface area contributed by atoms with Gasteiger partial charge in [0.2, 0.25) is 0 Å². The van der Waals surface area contributed by atoms with Crippen molar-refractivity contribution in [3.63, 3.8) is 0 Å². The molecule has 0 spiro atoms. The largest absolute Gasteiger partial charge is 0.493 e. The molecular weight excluding hydrogens is 500 g/mol. The smallest absolute Gasteiger partial charge is 0.261 e. The molecule has 33 heavy (non-hydrogen) atoms. The van der Waals surface area contributed by atoms with Crippen molar-refractivity contribution in [1.82, 2.24) is 5.32 Å². The molecule has 3 aromatic carbocycles. The van der Waals surface area contributed by atoms with Crippen molar-refractivity contribution in [3.05, 3.63) is 88.4 Å². The van der Waals surface area contributed by atoms with Crippen LogP contribution in [0.2, 0.25) is 0 Å². The topological polar surface area (TPSA) is 59.6 Å². The van der Waals surface area contributed by atoms with Crippen LogP contribution in [0.25, 0.3) is 0 Å². The van der Waals surface area contributed by atoms with Crippen LogP contribution < -0.4 is 20.1 Å². The van der Waals surface area contributed by atoms with Crippen LogP contribution in [0, 0.1) is 5.92 Å². The molecule has 0 fully saturated rings. The molecule has 0 aromatic heterocycles. The van der Waals surface area contributed by atoms with Crippen molar-refractivity contribution >= 4 is 44.9 Å². The Labute approximate surface area is 208 Å². The third kappa shape index (κ3) is 8.18. The molecule has 1 amide bonds. The zero-order valence-electron chi connectivity index (χ0n) is 18.6. The Kier molecular flexibility index (Phi) is 9.27. The Bertz CT molecular complexity index is 1090. The van der Waals surface area contributed by atoms with E-state index in [1.54, 1.807) is 12.1 Å². The predicted molar refractivity (Wildman–Crippen MR) is 140 cm³/mol. The maximum absolute atomic E-state index is 12.8. The van der Waals surface area contributed by atoms with Gasteiger partial charge in [0.25, 0.3) is 5.91 Å². The lowest BCUT2D eigenvalue weighted by atomic mass is 10.2. The fourth-order valence-corrected chi connectivity index (χ4v) is 3.56. The Balaban J connectivity index is 1.57. The van der Waals surface area contributed by atoms with Crippen molar-refractivity contribution in [2.24, 2.45) is 5.92 Å². The van der Waals surface area contributed by atoms with Gasteiger partial charge in [-0.1, -0.05) is 66.2 Å². The number of anilines is 1. The highest BCUT2D eigenvalue weighted by Gasteiger charge is 2.15. The van der Waals surface area contributed by atoms with E-state index in [1.165, 1.54) is 5.56 Å². The molecule has 172 valence electrons. The summed E-state index contributed by atoms with van der Waals surface area (Å²) in [6, 6.07) is 23.0. The average Bonchev–Trinajstić information content (AvgIpc) is 2.79. The van der Waals surface area contributed by atoms with Gasteiger partial charge in [-0.3, -0.25) is 10.1 Å². The highest BCUT2D eigenvalue weighted by Crippen LogP contribution is 2.24. The van der Waals surface area contributed by atoms with Crippen molar-refractivity contribution in [2.45, 2.75) is 20.3 Å². The molecule has 5 nitrogen and oxygen atoms in total. The SMILES string of the molecule is CC(C)COc1ccc(Br)cc1C(=O)NC(=S)Nc1cccc(OCCc2ccccc2)c1. The lowest BCUT2D eigenvalue weighted by Gasteiger charge is -2.15. The Morgan fingerprint density at radius 1 is 1.00 bits per heavy atom. The molecule has 0 atom stereocenters. The molecule has 0 aliphatic carbocycles. The van der Waals surface area contributed by atoms with Crippen molar-refractivity contribution in [3.8, 4) is 11.5 Å². The van der Waals surface area contributed by atoms with E-state index in [4.69, 9.17) is 21.7 Å². The molecule has 2 N–H and O–H groups in total. The van der Waals surface area contributed by atoms with Gasteiger partial charge in [0, 0.05) is 22.6 Å². The van der Waals surface area contributed by atoms with Gasteiger partial charge >= 0.3 is 0 Å². The van der Waals surface area contributed by atoms with Crippen LogP contribution in [0.15, 0.2) is 77.3 Å². The predicted octanol–water partition coefficient (Wildman–Crippen LogP) is 6.23. The first kappa shape index (κ1) is 24.7. The number of hydrogen-bond donors (Lipinski definition) is 2. The maximum atomic E-state index is 12.8. The first-order chi connectivity index (χ1) is 15.9. The Hall–Kier alpha value is -2.90. The van der Waals surface area contributed by atoms with Gasteiger partial charge in [0.1, 0.15) is 11.5 Å². The maximum Gasteiger partial charge on any atom is 0.261 e. The van der Waals surface area contributed by atoms with Gasteiger partial charge in [0.15, 0.2) is 5.11 Å². The number of ether oxygens (including phenoxy) is 2. The van der Waals surface area contributed by atoms with Crippen molar-refractivity contribution < 1.29 is 14.3 Å². The summed E-state index contributed by atoms with van der Waals surface area (Å²) in [5.74, 6) is 1.24. The standard InChI is InChI=1S/C26H27BrN2O3S/c1-18(2)17-32-24-12-11-20(27)15-23(24)25(30)29-26(33)28-21-9-6-10-22(16-21)31-14-13-19-7-4-3-5-8-19/h3-12,15-16,18H,13-14,17H2,1-2H3,(H2,28,29,30,33). The lowest BCUT2D eigenvalue weighted by molar-refractivity contribution is 0.0973. The van der Waals surface area contributed by atoms with E-state index in [1.807, 2.05) is 48.5 Å². The molecule has 0 bridgehead atoms. The van der Waals surface area contributed by atoms with E-state index >= 15 is 0 Å². The molecule has 3 rings (SSSR count). The number of amides is 1. The average molecular weight is 527 g/mol. The second-order valence-electron chi connectivity index (χ2n) is 7.87. The van der Waals surface area contributed by atoms with Crippen molar-refractivity contribution in [1.29, 1.82) is 0 Å². The molecule has 3 aromatic rings. The molecular formula is C26H27BrN2O3S. The summed E-state index contributed by atoms with van der Waals surface area (Å²) in [5, 5.41) is 5.96. The molecule has 0 unspecified atom stereocenters. The van der Waals surface area contributed by atoms with Gasteiger partial charge in [-0.25, -0.2) is 0 Å². The fraction of sp³-hybridized carbons (Fsp3) is 0.231. The van der Waals surface area contributed by atoms with Gasteiger partial charge in [-0.15, -0.1) is 0 Å². The molecule has 0 aliphatic rings. The molecule has 7 heteroatoms. The summed E-state index contributed by atoms with van der Waals surface area (Å²) in [7, 11) is 0. The van der Waals surface area contributed by atoms with Gasteiger partial charge in [0.05, 0.1) is 18.8 Å². The summed E-state index contributed by atoms with van der Waals surface area (Å²) in [6.45, 7) is 5.19. The minimum absolute atomic E-state index is 0.191. The number of halogens is 1. The second kappa shape index (κ2) is 12.4. The first-order valence-electron chi connectivity index (χ1n) is 10.7. The highest BCUT2D eigenvalue weighted by molar-refractivity contribution is 9.10. The first-order valence-corrected chi connectivity index (χ1v) is 11.9. The van der Waals surface area contributed by atoms with Gasteiger partial charge in [-0.05, 0) is 54.0 Å². The van der Waals surface area contributed by atoms with E-state index in [-0.39, 0.29) is 11.0 Å². The lowest BCUT2D eigenvalue weighted by Crippen LogP contribution is -2.34. The number of carbonyl (C=O) groups excluding carboxylic acids is 1. The van der Waals surface area contributed by atoms with E-state index in [2.05, 4.69) is 52.5 Å². The van der Waals surface area contributed by atoms with Crippen LogP contribution in [0.4, 0.5) is 5.69 Å².